The third kappa shape index (κ3) is 1.37. The SMILES string of the molecule is [2H]c1cc(-c2cc([2H])c([2H])c([2H])c2[2H])c([2H])c([2H])c1[2H]. The van der Waals surface area contributed by atoms with Crippen molar-refractivity contribution in [3.8, 4) is 11.1 Å². The predicted molar refractivity (Wildman–Crippen MR) is 51.9 cm³/mol. The summed E-state index contributed by atoms with van der Waals surface area (Å²) in [6.45, 7) is 0. The third-order valence-corrected chi connectivity index (χ3v) is 1.39. The van der Waals surface area contributed by atoms with Gasteiger partial charge in [0.05, 0.1) is 11.0 Å². The van der Waals surface area contributed by atoms with E-state index < -0.39 is 12.1 Å². The van der Waals surface area contributed by atoms with Crippen molar-refractivity contribution in [3.63, 3.8) is 0 Å². The van der Waals surface area contributed by atoms with Crippen LogP contribution in [0.5, 0.6) is 0 Å². The molecular weight excluding hydrogens is 144 g/mol. The van der Waals surface area contributed by atoms with Crippen LogP contribution in [-0.2, 0) is 0 Å². The molecule has 0 saturated heterocycles. The second kappa shape index (κ2) is 3.22. The monoisotopic (exact) mass is 162 g/mol. The van der Waals surface area contributed by atoms with E-state index in [1.807, 2.05) is 0 Å². The summed E-state index contributed by atoms with van der Waals surface area (Å²) in [6.07, 6.45) is 0. The van der Waals surface area contributed by atoms with E-state index in [0.717, 1.165) is 0 Å². The normalized spacial score (nSPS) is 19.0. The van der Waals surface area contributed by atoms with Gasteiger partial charge >= 0.3 is 0 Å². The predicted octanol–water partition coefficient (Wildman–Crippen LogP) is 3.35. The lowest BCUT2D eigenvalue weighted by Crippen LogP contribution is -1.73. The summed E-state index contributed by atoms with van der Waals surface area (Å²) in [7, 11) is 0. The fourth-order valence-electron chi connectivity index (χ4n) is 0.848. The first-order valence-electron chi connectivity index (χ1n) is 7.40. The third-order valence-electron chi connectivity index (χ3n) is 1.39. The van der Waals surface area contributed by atoms with Crippen molar-refractivity contribution in [1.82, 2.24) is 0 Å². The molecule has 0 atom stereocenters. The van der Waals surface area contributed by atoms with Gasteiger partial charge in [-0.2, -0.15) is 0 Å². The van der Waals surface area contributed by atoms with Crippen LogP contribution in [0.2, 0.25) is 0 Å². The number of hydrogen-bond acceptors (Lipinski definition) is 0. The van der Waals surface area contributed by atoms with Gasteiger partial charge in [-0.25, -0.2) is 0 Å². The molecule has 0 bridgehead atoms. The first kappa shape index (κ1) is 2.46. The molecule has 2 aromatic carbocycles. The van der Waals surface area contributed by atoms with Gasteiger partial charge in [0.2, 0.25) is 0 Å². The molecule has 0 aliphatic rings. The van der Waals surface area contributed by atoms with Crippen LogP contribution in [0, 0.1) is 0 Å². The van der Waals surface area contributed by atoms with Gasteiger partial charge in [-0.3, -0.25) is 0 Å². The fourth-order valence-corrected chi connectivity index (χ4v) is 0.848. The lowest BCUT2D eigenvalue weighted by atomic mass is 10.1. The molecule has 0 aromatic heterocycles. The Labute approximate surface area is 83.7 Å². The van der Waals surface area contributed by atoms with Crippen LogP contribution >= 0.6 is 0 Å². The molecule has 0 unspecified atom stereocenters. The molecule has 2 rings (SSSR count). The highest BCUT2D eigenvalue weighted by molar-refractivity contribution is 5.62. The average Bonchev–Trinajstić information content (AvgIpc) is 2.42. The van der Waals surface area contributed by atoms with Gasteiger partial charge in [0.15, 0.2) is 0 Å². The average molecular weight is 162 g/mol. The van der Waals surface area contributed by atoms with E-state index in [9.17, 15) is 0 Å². The highest BCUT2D eigenvalue weighted by atomic mass is 14.0. The minimum atomic E-state index is -0.431. The molecule has 0 aliphatic carbocycles. The Morgan fingerprint density at radius 3 is 1.67 bits per heavy atom. The van der Waals surface area contributed by atoms with E-state index >= 15 is 0 Å². The van der Waals surface area contributed by atoms with Gasteiger partial charge in [-0.1, -0.05) is 60.5 Å². The topological polar surface area (TPSA) is 0 Å². The summed E-state index contributed by atoms with van der Waals surface area (Å²) in [5.74, 6) is 0. The van der Waals surface area contributed by atoms with E-state index in [-0.39, 0.29) is 47.4 Å². The van der Waals surface area contributed by atoms with Crippen molar-refractivity contribution in [2.75, 3.05) is 0 Å². The van der Waals surface area contributed by atoms with Gasteiger partial charge in [0.1, 0.15) is 0 Å². The Morgan fingerprint density at radius 1 is 0.667 bits per heavy atom. The van der Waals surface area contributed by atoms with Crippen molar-refractivity contribution < 1.29 is 11.0 Å². The van der Waals surface area contributed by atoms with Gasteiger partial charge in [0.25, 0.3) is 0 Å². The maximum Gasteiger partial charge on any atom is 0.0629 e. The lowest BCUT2D eigenvalue weighted by molar-refractivity contribution is 1.62. The first-order chi connectivity index (χ1) is 9.25. The number of hydrogen-bond donors (Lipinski definition) is 0. The van der Waals surface area contributed by atoms with Crippen LogP contribution in [0.4, 0.5) is 0 Å². The van der Waals surface area contributed by atoms with E-state index in [1.165, 1.54) is 12.1 Å². The molecule has 0 radical (unpaired) electrons. The molecule has 0 spiro atoms. The summed E-state index contributed by atoms with van der Waals surface area (Å²) < 4.78 is 61.0. The highest BCUT2D eigenvalue weighted by Gasteiger charge is 1.91. The number of benzene rings is 2. The van der Waals surface area contributed by atoms with Crippen molar-refractivity contribution in [2.45, 2.75) is 0 Å². The van der Waals surface area contributed by atoms with E-state index in [1.54, 1.807) is 0 Å². The molecule has 58 valence electrons. The molecule has 0 fully saturated rings. The van der Waals surface area contributed by atoms with Crippen molar-refractivity contribution in [2.24, 2.45) is 0 Å². The molecule has 0 saturated carbocycles. The van der Waals surface area contributed by atoms with Gasteiger partial charge in [-0.05, 0) is 11.1 Å². The Balaban J connectivity index is 2.83. The Bertz CT molecular complexity index is 646. The molecule has 0 heteroatoms. The van der Waals surface area contributed by atoms with Crippen LogP contribution in [0.15, 0.2) is 60.5 Å². The summed E-state index contributed by atoms with van der Waals surface area (Å²) in [5.41, 5.74) is 0.117. The van der Waals surface area contributed by atoms with E-state index in [0.29, 0.717) is 0 Å². The zero-order valence-corrected chi connectivity index (χ0v) is 6.15. The quantitative estimate of drug-likeness (QED) is 0.603. The molecule has 2 aromatic rings. The van der Waals surface area contributed by atoms with Crippen LogP contribution in [0.3, 0.4) is 0 Å². The smallest absolute Gasteiger partial charge is 0.0622 e. The minimum absolute atomic E-state index is 0.0583. The summed E-state index contributed by atoms with van der Waals surface area (Å²) in [6, 6.07) is -0.412. The summed E-state index contributed by atoms with van der Waals surface area (Å²) in [4.78, 5) is 0. The van der Waals surface area contributed by atoms with Crippen LogP contribution < -0.4 is 0 Å². The van der Waals surface area contributed by atoms with E-state index in [2.05, 4.69) is 0 Å². The Morgan fingerprint density at radius 2 is 1.17 bits per heavy atom. The minimum Gasteiger partial charge on any atom is -0.0622 e. The summed E-state index contributed by atoms with van der Waals surface area (Å²) >= 11 is 0. The second-order valence-corrected chi connectivity index (χ2v) is 2.15. The Kier molecular flexibility index (Phi) is 0.662. The molecular formula is C12H10. The molecule has 0 heterocycles. The van der Waals surface area contributed by atoms with Crippen molar-refractivity contribution in [3.05, 3.63) is 60.5 Å². The highest BCUT2D eigenvalue weighted by Crippen LogP contribution is 2.17. The molecule has 0 aliphatic heterocycles. The maximum absolute atomic E-state index is 7.82. The lowest BCUT2D eigenvalue weighted by Gasteiger charge is -1.98. The standard InChI is InChI=1S/C12H10/c1-3-7-11(8-4-1)12-9-5-2-6-10-12/h1-10H/i1D,2D,3D,4D,5D,6D,7D,9D. The molecule has 0 nitrogen and oxygen atoms in total. The molecule has 0 amide bonds. The van der Waals surface area contributed by atoms with E-state index in [4.69, 9.17) is 11.0 Å². The molecule has 12 heavy (non-hydrogen) atoms. The van der Waals surface area contributed by atoms with Gasteiger partial charge in [0, 0.05) is 0 Å². The van der Waals surface area contributed by atoms with Gasteiger partial charge in [-0.15, -0.1) is 0 Å². The largest absolute Gasteiger partial charge is 0.0629 e. The van der Waals surface area contributed by atoms with Crippen molar-refractivity contribution in [1.29, 1.82) is 0 Å². The fraction of sp³-hybridized carbons (Fsp3) is 0. The maximum atomic E-state index is 7.82. The van der Waals surface area contributed by atoms with Gasteiger partial charge < -0.3 is 0 Å². The summed E-state index contributed by atoms with van der Waals surface area (Å²) in [5, 5.41) is 0. The molecule has 0 N–H and O–H groups in total. The van der Waals surface area contributed by atoms with Crippen LogP contribution in [-0.4, -0.2) is 0 Å². The zero-order valence-electron chi connectivity index (χ0n) is 14.2. The Hall–Kier alpha value is -1.56. The van der Waals surface area contributed by atoms with Crippen LogP contribution in [0.25, 0.3) is 11.1 Å². The number of rotatable bonds is 1. The second-order valence-electron chi connectivity index (χ2n) is 2.15. The van der Waals surface area contributed by atoms with Crippen molar-refractivity contribution >= 4 is 0 Å². The van der Waals surface area contributed by atoms with Crippen LogP contribution in [0.1, 0.15) is 11.0 Å². The first-order valence-corrected chi connectivity index (χ1v) is 3.40. The zero-order chi connectivity index (χ0) is 15.2.